The van der Waals surface area contributed by atoms with E-state index in [9.17, 15) is 4.39 Å². The van der Waals surface area contributed by atoms with Crippen molar-refractivity contribution in [3.63, 3.8) is 0 Å². The largest absolute Gasteiger partial charge is 0.459 e. The standard InChI is InChI=1S/C24H17ClFN3OS/c25-16-10-8-15(9-11-16)20-12-13-21(30-20)23-22(18-6-3-4-14-27-18)28-24(31)29(23)19-7-2-1-5-17(19)26/h1-14,22-23H,(H,28,31). The third kappa shape index (κ3) is 3.69. The van der Waals surface area contributed by atoms with Gasteiger partial charge in [-0.15, -0.1) is 0 Å². The second-order valence-electron chi connectivity index (χ2n) is 7.16. The van der Waals surface area contributed by atoms with Crippen LogP contribution in [0.15, 0.2) is 89.5 Å². The number of hydrogen-bond donors (Lipinski definition) is 1. The number of halogens is 2. The van der Waals surface area contributed by atoms with Gasteiger partial charge in [0.25, 0.3) is 0 Å². The van der Waals surface area contributed by atoms with Crippen molar-refractivity contribution in [1.82, 2.24) is 10.3 Å². The molecule has 0 bridgehead atoms. The molecule has 0 radical (unpaired) electrons. The van der Waals surface area contributed by atoms with Gasteiger partial charge >= 0.3 is 0 Å². The summed E-state index contributed by atoms with van der Waals surface area (Å²) in [6.07, 6.45) is 1.73. The molecule has 1 fully saturated rings. The summed E-state index contributed by atoms with van der Waals surface area (Å²) in [5.41, 5.74) is 2.07. The first-order valence-electron chi connectivity index (χ1n) is 9.72. The number of benzene rings is 2. The van der Waals surface area contributed by atoms with Gasteiger partial charge in [-0.25, -0.2) is 4.39 Å². The fraction of sp³-hybridized carbons (Fsp3) is 0.0833. The smallest absolute Gasteiger partial charge is 0.174 e. The fourth-order valence-corrected chi connectivity index (χ4v) is 4.30. The van der Waals surface area contributed by atoms with Crippen molar-refractivity contribution in [2.24, 2.45) is 0 Å². The first kappa shape index (κ1) is 19.7. The normalized spacial score (nSPS) is 18.3. The predicted molar refractivity (Wildman–Crippen MR) is 123 cm³/mol. The van der Waals surface area contributed by atoms with Crippen LogP contribution in [0, 0.1) is 5.82 Å². The molecule has 0 spiro atoms. The monoisotopic (exact) mass is 449 g/mol. The van der Waals surface area contributed by atoms with E-state index in [0.717, 1.165) is 11.3 Å². The molecule has 0 amide bonds. The van der Waals surface area contributed by atoms with Gasteiger partial charge in [-0.2, -0.15) is 0 Å². The molecule has 4 nitrogen and oxygen atoms in total. The molecule has 2 aromatic heterocycles. The Morgan fingerprint density at radius 2 is 1.74 bits per heavy atom. The molecule has 1 N–H and O–H groups in total. The number of anilines is 1. The highest BCUT2D eigenvalue weighted by Gasteiger charge is 2.43. The molecule has 154 valence electrons. The molecular weight excluding hydrogens is 433 g/mol. The lowest BCUT2D eigenvalue weighted by Crippen LogP contribution is -2.30. The van der Waals surface area contributed by atoms with Crippen LogP contribution < -0.4 is 10.2 Å². The van der Waals surface area contributed by atoms with Crippen molar-refractivity contribution in [2.45, 2.75) is 12.1 Å². The Balaban J connectivity index is 1.61. The number of furan rings is 1. The van der Waals surface area contributed by atoms with Gasteiger partial charge in [0.1, 0.15) is 23.4 Å². The van der Waals surface area contributed by atoms with Crippen molar-refractivity contribution < 1.29 is 8.81 Å². The molecule has 1 aliphatic heterocycles. The highest BCUT2D eigenvalue weighted by molar-refractivity contribution is 7.80. The first-order chi connectivity index (χ1) is 15.1. The predicted octanol–water partition coefficient (Wildman–Crippen LogP) is 6.31. The van der Waals surface area contributed by atoms with Crippen molar-refractivity contribution >= 4 is 34.6 Å². The number of nitrogens with one attached hydrogen (secondary N) is 1. The number of para-hydroxylation sites is 1. The Bertz CT molecular complexity index is 1230. The third-order valence-corrected chi connectivity index (χ3v) is 5.82. The summed E-state index contributed by atoms with van der Waals surface area (Å²) in [5.74, 6) is 0.983. The molecular formula is C24H17ClFN3OS. The summed E-state index contributed by atoms with van der Waals surface area (Å²) in [5, 5.41) is 4.37. The summed E-state index contributed by atoms with van der Waals surface area (Å²) >= 11 is 11.6. The van der Waals surface area contributed by atoms with E-state index < -0.39 is 6.04 Å². The number of thiocarbonyl (C=S) groups is 1. The van der Waals surface area contributed by atoms with Crippen molar-refractivity contribution in [2.75, 3.05) is 4.90 Å². The molecule has 1 saturated heterocycles. The van der Waals surface area contributed by atoms with Crippen molar-refractivity contribution in [3.8, 4) is 11.3 Å². The minimum atomic E-state index is -0.416. The molecule has 2 aromatic carbocycles. The van der Waals surface area contributed by atoms with Crippen LogP contribution in [-0.2, 0) is 0 Å². The molecule has 1 aliphatic rings. The zero-order valence-corrected chi connectivity index (χ0v) is 17.8. The Morgan fingerprint density at radius 3 is 2.48 bits per heavy atom. The number of hydrogen-bond acceptors (Lipinski definition) is 3. The zero-order chi connectivity index (χ0) is 21.4. The SMILES string of the molecule is Fc1ccccc1N1C(=S)NC(c2ccccn2)C1c1ccc(-c2ccc(Cl)cc2)o1. The lowest BCUT2D eigenvalue weighted by Gasteiger charge is -2.26. The number of rotatable bonds is 4. The number of pyridine rings is 1. The third-order valence-electron chi connectivity index (χ3n) is 5.26. The van der Waals surface area contributed by atoms with Gasteiger partial charge in [-0.05, 0) is 72.9 Å². The van der Waals surface area contributed by atoms with Gasteiger partial charge in [-0.1, -0.05) is 29.8 Å². The minimum absolute atomic E-state index is 0.308. The summed E-state index contributed by atoms with van der Waals surface area (Å²) in [6, 6.07) is 22.7. The first-order valence-corrected chi connectivity index (χ1v) is 10.5. The average Bonchev–Trinajstić information content (AvgIpc) is 3.40. The highest BCUT2D eigenvalue weighted by Crippen LogP contribution is 2.43. The van der Waals surface area contributed by atoms with E-state index in [2.05, 4.69) is 10.3 Å². The molecule has 7 heteroatoms. The van der Waals surface area contributed by atoms with Gasteiger partial charge in [-0.3, -0.25) is 4.98 Å². The van der Waals surface area contributed by atoms with E-state index in [1.165, 1.54) is 6.07 Å². The maximum atomic E-state index is 14.8. The maximum absolute atomic E-state index is 14.8. The second-order valence-corrected chi connectivity index (χ2v) is 7.98. The van der Waals surface area contributed by atoms with E-state index in [1.54, 1.807) is 29.3 Å². The summed E-state index contributed by atoms with van der Waals surface area (Å²) in [4.78, 5) is 6.26. The Morgan fingerprint density at radius 1 is 0.968 bits per heavy atom. The van der Waals surface area contributed by atoms with E-state index in [0.29, 0.717) is 27.3 Å². The van der Waals surface area contributed by atoms with E-state index in [4.69, 9.17) is 28.2 Å². The summed E-state index contributed by atoms with van der Waals surface area (Å²) in [6.45, 7) is 0. The molecule has 2 atom stereocenters. The van der Waals surface area contributed by atoms with Crippen LogP contribution in [0.25, 0.3) is 11.3 Å². The van der Waals surface area contributed by atoms with E-state index >= 15 is 0 Å². The quantitative estimate of drug-likeness (QED) is 0.370. The molecule has 3 heterocycles. The van der Waals surface area contributed by atoms with Crippen LogP contribution in [0.2, 0.25) is 5.02 Å². The Hall–Kier alpha value is -3.22. The van der Waals surface area contributed by atoms with Crippen molar-refractivity contribution in [3.05, 3.63) is 107 Å². The van der Waals surface area contributed by atoms with Gasteiger partial charge in [0.05, 0.1) is 17.4 Å². The Labute approximate surface area is 189 Å². The number of nitrogens with zero attached hydrogens (tertiary/aromatic N) is 2. The highest BCUT2D eigenvalue weighted by atomic mass is 35.5. The maximum Gasteiger partial charge on any atom is 0.174 e. The van der Waals surface area contributed by atoms with Crippen LogP contribution in [0.5, 0.6) is 0 Å². The summed E-state index contributed by atoms with van der Waals surface area (Å²) in [7, 11) is 0. The van der Waals surface area contributed by atoms with Gasteiger partial charge < -0.3 is 14.6 Å². The van der Waals surface area contributed by atoms with Gasteiger partial charge in [0.15, 0.2) is 5.11 Å². The Kier molecular flexibility index (Phi) is 5.18. The zero-order valence-electron chi connectivity index (χ0n) is 16.2. The van der Waals surface area contributed by atoms with Crippen LogP contribution >= 0.6 is 23.8 Å². The molecule has 2 unspecified atom stereocenters. The van der Waals surface area contributed by atoms with Crippen LogP contribution in [0.1, 0.15) is 23.5 Å². The lowest BCUT2D eigenvalue weighted by atomic mass is 10.0. The topological polar surface area (TPSA) is 41.3 Å². The fourth-order valence-electron chi connectivity index (χ4n) is 3.83. The molecule has 4 aromatic rings. The van der Waals surface area contributed by atoms with Crippen LogP contribution in [-0.4, -0.2) is 10.1 Å². The van der Waals surface area contributed by atoms with E-state index in [-0.39, 0.29) is 11.9 Å². The molecule has 0 saturated carbocycles. The molecule has 31 heavy (non-hydrogen) atoms. The summed E-state index contributed by atoms with van der Waals surface area (Å²) < 4.78 is 21.0. The van der Waals surface area contributed by atoms with Gasteiger partial charge in [0.2, 0.25) is 0 Å². The molecule has 0 aliphatic carbocycles. The lowest BCUT2D eigenvalue weighted by molar-refractivity contribution is 0.438. The average molecular weight is 450 g/mol. The van der Waals surface area contributed by atoms with Gasteiger partial charge in [0, 0.05) is 16.8 Å². The van der Waals surface area contributed by atoms with Crippen LogP contribution in [0.4, 0.5) is 10.1 Å². The van der Waals surface area contributed by atoms with E-state index in [1.807, 2.05) is 54.6 Å². The van der Waals surface area contributed by atoms with Crippen LogP contribution in [0.3, 0.4) is 0 Å². The molecule has 5 rings (SSSR count). The second kappa shape index (κ2) is 8.13. The van der Waals surface area contributed by atoms with Crippen molar-refractivity contribution in [1.29, 1.82) is 0 Å². The minimum Gasteiger partial charge on any atom is -0.459 e. The number of aromatic nitrogens is 1.